The summed E-state index contributed by atoms with van der Waals surface area (Å²) in [7, 11) is -3.35. The fourth-order valence-electron chi connectivity index (χ4n) is 2.91. The first-order chi connectivity index (χ1) is 12.7. The van der Waals surface area contributed by atoms with Crippen molar-refractivity contribution in [2.45, 2.75) is 13.8 Å². The average Bonchev–Trinajstić information content (AvgIpc) is 2.91. The minimum Gasteiger partial charge on any atom is -0.423 e. The molecule has 27 heavy (non-hydrogen) atoms. The van der Waals surface area contributed by atoms with Crippen LogP contribution in [0.2, 0.25) is 0 Å². The molecule has 2 aromatic carbocycles. The van der Waals surface area contributed by atoms with Crippen LogP contribution >= 0.6 is 0 Å². The van der Waals surface area contributed by atoms with Gasteiger partial charge in [0.2, 0.25) is 10.0 Å². The summed E-state index contributed by atoms with van der Waals surface area (Å²) < 4.78 is 32.3. The molecule has 0 aliphatic rings. The Balaban J connectivity index is 1.81. The number of nitrogens with one attached hydrogen (secondary N) is 1. The van der Waals surface area contributed by atoms with E-state index in [9.17, 15) is 13.2 Å². The summed E-state index contributed by atoms with van der Waals surface area (Å²) in [5, 5.41) is 0. The smallest absolute Gasteiger partial charge is 0.345 e. The van der Waals surface area contributed by atoms with E-state index in [1.54, 1.807) is 18.2 Å². The van der Waals surface area contributed by atoms with Crippen molar-refractivity contribution in [3.05, 3.63) is 77.6 Å². The molecule has 0 fully saturated rings. The zero-order valence-corrected chi connectivity index (χ0v) is 16.1. The summed E-state index contributed by atoms with van der Waals surface area (Å²) in [4.78, 5) is 12.6. The van der Waals surface area contributed by atoms with Crippen molar-refractivity contribution < 1.29 is 17.9 Å². The van der Waals surface area contributed by atoms with E-state index in [4.69, 9.17) is 4.74 Å². The van der Waals surface area contributed by atoms with Gasteiger partial charge in [0.1, 0.15) is 5.75 Å². The molecule has 0 unspecified atom stereocenters. The summed E-state index contributed by atoms with van der Waals surface area (Å²) in [6.07, 6.45) is 1.07. The van der Waals surface area contributed by atoms with E-state index >= 15 is 0 Å². The topological polar surface area (TPSA) is 77.4 Å². The molecule has 0 saturated heterocycles. The van der Waals surface area contributed by atoms with E-state index in [2.05, 4.69) is 4.72 Å². The van der Waals surface area contributed by atoms with Gasteiger partial charge in [0.25, 0.3) is 0 Å². The highest BCUT2D eigenvalue weighted by molar-refractivity contribution is 7.92. The van der Waals surface area contributed by atoms with Crippen LogP contribution in [-0.2, 0) is 10.0 Å². The number of ether oxygens (including phenoxy) is 1. The molecule has 0 amide bonds. The molecule has 3 rings (SSSR count). The number of hydrogen-bond donors (Lipinski definition) is 1. The number of carbonyl (C=O) groups is 1. The molecule has 0 aliphatic heterocycles. The second kappa shape index (κ2) is 7.28. The van der Waals surface area contributed by atoms with Gasteiger partial charge in [0.05, 0.1) is 11.8 Å². The Morgan fingerprint density at radius 1 is 1.00 bits per heavy atom. The lowest BCUT2D eigenvalue weighted by atomic mass is 10.2. The normalized spacial score (nSPS) is 11.2. The average molecular weight is 384 g/mol. The highest BCUT2D eigenvalue weighted by atomic mass is 32.2. The number of aryl methyl sites for hydroxylation is 1. The van der Waals surface area contributed by atoms with Crippen LogP contribution in [0.25, 0.3) is 5.69 Å². The van der Waals surface area contributed by atoms with Crippen LogP contribution in [0.5, 0.6) is 5.75 Å². The number of benzene rings is 2. The third-order valence-corrected chi connectivity index (χ3v) is 4.64. The fraction of sp³-hybridized carbons (Fsp3) is 0.150. The highest BCUT2D eigenvalue weighted by Crippen LogP contribution is 2.23. The maximum atomic E-state index is 12.6. The molecule has 1 N–H and O–H groups in total. The molecule has 0 saturated carbocycles. The van der Waals surface area contributed by atoms with Crippen LogP contribution in [0.3, 0.4) is 0 Å². The number of aromatic nitrogens is 1. The van der Waals surface area contributed by atoms with Crippen LogP contribution in [0.1, 0.15) is 21.7 Å². The van der Waals surface area contributed by atoms with Gasteiger partial charge in [-0.25, -0.2) is 13.2 Å². The zero-order chi connectivity index (χ0) is 19.6. The number of carbonyl (C=O) groups excluding carboxylic acids is 1. The Hall–Kier alpha value is -3.06. The van der Waals surface area contributed by atoms with E-state index < -0.39 is 16.0 Å². The predicted molar refractivity (Wildman–Crippen MR) is 105 cm³/mol. The van der Waals surface area contributed by atoms with Gasteiger partial charge < -0.3 is 9.30 Å². The minimum atomic E-state index is -3.35. The SMILES string of the molecule is Cc1cc(C(=O)Oc2ccc(NS(C)(=O)=O)cc2)c(C)n1-c1ccccc1. The molecule has 0 bridgehead atoms. The number of sulfonamides is 1. The number of anilines is 1. The number of rotatable bonds is 5. The first-order valence-corrected chi connectivity index (χ1v) is 10.2. The lowest BCUT2D eigenvalue weighted by Crippen LogP contribution is -2.11. The molecule has 1 aromatic heterocycles. The van der Waals surface area contributed by atoms with Gasteiger partial charge in [0, 0.05) is 22.8 Å². The molecule has 1 heterocycles. The third kappa shape index (κ3) is 4.38. The summed E-state index contributed by atoms with van der Waals surface area (Å²) >= 11 is 0. The summed E-state index contributed by atoms with van der Waals surface area (Å²) in [5.74, 6) is -0.127. The lowest BCUT2D eigenvalue weighted by Gasteiger charge is -2.10. The van der Waals surface area contributed by atoms with Crippen LogP contribution in [-0.4, -0.2) is 25.2 Å². The zero-order valence-electron chi connectivity index (χ0n) is 15.3. The molecule has 0 atom stereocenters. The van der Waals surface area contributed by atoms with Crippen LogP contribution in [0.4, 0.5) is 5.69 Å². The number of para-hydroxylation sites is 1. The van der Waals surface area contributed by atoms with Crippen molar-refractivity contribution >= 4 is 21.7 Å². The van der Waals surface area contributed by atoms with Crippen molar-refractivity contribution in [3.63, 3.8) is 0 Å². The van der Waals surface area contributed by atoms with Gasteiger partial charge in [-0.15, -0.1) is 0 Å². The van der Waals surface area contributed by atoms with Gasteiger partial charge in [-0.2, -0.15) is 0 Å². The Labute approximate surface area is 158 Å². The van der Waals surface area contributed by atoms with Gasteiger partial charge >= 0.3 is 5.97 Å². The molecular formula is C20H20N2O4S. The lowest BCUT2D eigenvalue weighted by molar-refractivity contribution is 0.0734. The van der Waals surface area contributed by atoms with E-state index in [0.29, 0.717) is 17.0 Å². The molecule has 0 spiro atoms. The second-order valence-electron chi connectivity index (χ2n) is 6.24. The van der Waals surface area contributed by atoms with Crippen LogP contribution < -0.4 is 9.46 Å². The van der Waals surface area contributed by atoms with Crippen molar-refractivity contribution in [1.82, 2.24) is 4.57 Å². The predicted octanol–water partition coefficient (Wildman–Crippen LogP) is 3.68. The van der Waals surface area contributed by atoms with Crippen LogP contribution in [0, 0.1) is 13.8 Å². The number of nitrogens with zero attached hydrogens (tertiary/aromatic N) is 1. The van der Waals surface area contributed by atoms with Crippen molar-refractivity contribution in [3.8, 4) is 11.4 Å². The Morgan fingerprint density at radius 3 is 2.22 bits per heavy atom. The van der Waals surface area contributed by atoms with Crippen molar-refractivity contribution in [1.29, 1.82) is 0 Å². The maximum Gasteiger partial charge on any atom is 0.345 e. The molecule has 6 nitrogen and oxygen atoms in total. The van der Waals surface area contributed by atoms with E-state index in [1.807, 2.05) is 48.7 Å². The Bertz CT molecular complexity index is 1070. The monoisotopic (exact) mass is 384 g/mol. The minimum absolute atomic E-state index is 0.337. The van der Waals surface area contributed by atoms with Crippen molar-refractivity contribution in [2.24, 2.45) is 0 Å². The molecule has 3 aromatic rings. The number of hydrogen-bond acceptors (Lipinski definition) is 4. The molecule has 7 heteroatoms. The van der Waals surface area contributed by atoms with E-state index in [1.165, 1.54) is 12.1 Å². The Morgan fingerprint density at radius 2 is 1.63 bits per heavy atom. The third-order valence-electron chi connectivity index (χ3n) is 4.03. The first kappa shape index (κ1) is 18.7. The van der Waals surface area contributed by atoms with Gasteiger partial charge in [-0.1, -0.05) is 18.2 Å². The van der Waals surface area contributed by atoms with E-state index in [0.717, 1.165) is 23.3 Å². The van der Waals surface area contributed by atoms with E-state index in [-0.39, 0.29) is 0 Å². The molecular weight excluding hydrogens is 364 g/mol. The van der Waals surface area contributed by atoms with Gasteiger partial charge in [0.15, 0.2) is 0 Å². The second-order valence-corrected chi connectivity index (χ2v) is 7.99. The maximum absolute atomic E-state index is 12.6. The highest BCUT2D eigenvalue weighted by Gasteiger charge is 2.18. The number of esters is 1. The fourth-order valence-corrected chi connectivity index (χ4v) is 3.48. The summed E-state index contributed by atoms with van der Waals surface area (Å²) in [5.41, 5.74) is 3.58. The quantitative estimate of drug-likeness (QED) is 0.538. The molecule has 0 aliphatic carbocycles. The van der Waals surface area contributed by atoms with Crippen molar-refractivity contribution in [2.75, 3.05) is 11.0 Å². The standard InChI is InChI=1S/C20H20N2O4S/c1-14-13-19(15(2)22(14)17-7-5-4-6-8-17)20(23)26-18-11-9-16(10-12-18)21-27(3,24)25/h4-13,21H,1-3H3. The Kier molecular flexibility index (Phi) is 5.05. The molecule has 0 radical (unpaired) electrons. The summed E-state index contributed by atoms with van der Waals surface area (Å²) in [6, 6.07) is 17.7. The van der Waals surface area contributed by atoms with Gasteiger partial charge in [-0.05, 0) is 56.3 Å². The first-order valence-electron chi connectivity index (χ1n) is 8.29. The largest absolute Gasteiger partial charge is 0.423 e. The summed E-state index contributed by atoms with van der Waals surface area (Å²) in [6.45, 7) is 3.80. The molecule has 140 valence electrons. The van der Waals surface area contributed by atoms with Gasteiger partial charge in [-0.3, -0.25) is 4.72 Å². The van der Waals surface area contributed by atoms with Crippen LogP contribution in [0.15, 0.2) is 60.7 Å².